The first kappa shape index (κ1) is 11.5. The Labute approximate surface area is 100 Å². The predicted molar refractivity (Wildman–Crippen MR) is 68.0 cm³/mol. The molecule has 0 aliphatic heterocycles. The van der Waals surface area contributed by atoms with Gasteiger partial charge in [0.2, 0.25) is 0 Å². The molecule has 0 unspecified atom stereocenters. The van der Waals surface area contributed by atoms with Crippen molar-refractivity contribution in [3.05, 3.63) is 33.5 Å². The summed E-state index contributed by atoms with van der Waals surface area (Å²) in [5.41, 5.74) is 9.92. The summed E-state index contributed by atoms with van der Waals surface area (Å²) in [7, 11) is 0. The van der Waals surface area contributed by atoms with E-state index in [-0.39, 0.29) is 0 Å². The summed E-state index contributed by atoms with van der Waals surface area (Å²) in [4.78, 5) is 0. The van der Waals surface area contributed by atoms with Crippen LogP contribution in [0.5, 0.6) is 0 Å². The highest BCUT2D eigenvalue weighted by Crippen LogP contribution is 2.34. The van der Waals surface area contributed by atoms with Crippen LogP contribution in [0.4, 0.5) is 0 Å². The molecular weight excluding hydrogens is 222 g/mol. The Hall–Kier alpha value is -0.990. The quantitative estimate of drug-likeness (QED) is 0.865. The van der Waals surface area contributed by atoms with Crippen LogP contribution in [0.2, 0.25) is 5.02 Å². The van der Waals surface area contributed by atoms with Gasteiger partial charge in [-0.1, -0.05) is 18.5 Å². The van der Waals surface area contributed by atoms with Crippen LogP contribution in [0.1, 0.15) is 29.4 Å². The number of hydrogen-bond donors (Lipinski definition) is 1. The Bertz CT molecular complexity index is 543. The van der Waals surface area contributed by atoms with E-state index in [9.17, 15) is 0 Å². The van der Waals surface area contributed by atoms with E-state index in [2.05, 4.69) is 6.92 Å². The van der Waals surface area contributed by atoms with Crippen molar-refractivity contribution in [2.24, 2.45) is 5.73 Å². The van der Waals surface area contributed by atoms with E-state index < -0.39 is 0 Å². The van der Waals surface area contributed by atoms with E-state index in [0.717, 1.165) is 39.3 Å². The van der Waals surface area contributed by atoms with Crippen LogP contribution in [-0.2, 0) is 13.0 Å². The molecule has 2 rings (SSSR count). The molecule has 1 heterocycles. The lowest BCUT2D eigenvalue weighted by Gasteiger charge is -2.04. The number of nitrogens with two attached hydrogens (primary N) is 1. The fourth-order valence-electron chi connectivity index (χ4n) is 2.25. The highest BCUT2D eigenvalue weighted by molar-refractivity contribution is 6.33. The van der Waals surface area contributed by atoms with Crippen LogP contribution in [0.25, 0.3) is 11.0 Å². The third-order valence-corrected chi connectivity index (χ3v) is 3.64. The van der Waals surface area contributed by atoms with Crippen LogP contribution in [0, 0.1) is 13.8 Å². The van der Waals surface area contributed by atoms with E-state index in [1.807, 2.05) is 19.9 Å². The minimum absolute atomic E-state index is 0.438. The number of halogens is 1. The number of benzene rings is 1. The average molecular weight is 238 g/mol. The van der Waals surface area contributed by atoms with E-state index in [1.54, 1.807) is 0 Å². The maximum Gasteiger partial charge on any atom is 0.135 e. The van der Waals surface area contributed by atoms with E-state index >= 15 is 0 Å². The molecular formula is C13H16ClNO. The Morgan fingerprint density at radius 2 is 2.06 bits per heavy atom. The zero-order valence-electron chi connectivity index (χ0n) is 9.86. The van der Waals surface area contributed by atoms with Crippen LogP contribution >= 0.6 is 11.6 Å². The summed E-state index contributed by atoms with van der Waals surface area (Å²) in [6.45, 7) is 6.57. The van der Waals surface area contributed by atoms with Crippen LogP contribution < -0.4 is 5.73 Å². The number of hydrogen-bond acceptors (Lipinski definition) is 2. The Kier molecular flexibility index (Phi) is 2.96. The van der Waals surface area contributed by atoms with Gasteiger partial charge < -0.3 is 10.2 Å². The van der Waals surface area contributed by atoms with Gasteiger partial charge in [0.25, 0.3) is 0 Å². The summed E-state index contributed by atoms with van der Waals surface area (Å²) < 4.78 is 5.77. The molecule has 0 amide bonds. The van der Waals surface area contributed by atoms with Crippen LogP contribution in [0.15, 0.2) is 10.5 Å². The lowest BCUT2D eigenvalue weighted by molar-refractivity contribution is 0.546. The summed E-state index contributed by atoms with van der Waals surface area (Å²) in [6, 6.07) is 1.99. The van der Waals surface area contributed by atoms with Gasteiger partial charge in [0.05, 0.1) is 6.54 Å². The maximum atomic E-state index is 6.27. The van der Waals surface area contributed by atoms with Gasteiger partial charge in [-0.3, -0.25) is 0 Å². The largest absolute Gasteiger partial charge is 0.459 e. The smallest absolute Gasteiger partial charge is 0.135 e. The number of rotatable bonds is 2. The van der Waals surface area contributed by atoms with Crippen LogP contribution in [-0.4, -0.2) is 0 Å². The minimum atomic E-state index is 0.438. The van der Waals surface area contributed by atoms with Crippen molar-refractivity contribution in [3.63, 3.8) is 0 Å². The van der Waals surface area contributed by atoms with E-state index in [0.29, 0.717) is 6.54 Å². The molecule has 0 atom stereocenters. The lowest BCUT2D eigenvalue weighted by atomic mass is 10.0. The lowest BCUT2D eigenvalue weighted by Crippen LogP contribution is -1.97. The van der Waals surface area contributed by atoms with Gasteiger partial charge in [-0.15, -0.1) is 0 Å². The van der Waals surface area contributed by atoms with Crippen molar-refractivity contribution < 1.29 is 4.42 Å². The second kappa shape index (κ2) is 4.11. The molecule has 2 aromatic rings. The van der Waals surface area contributed by atoms with E-state index in [4.69, 9.17) is 21.8 Å². The van der Waals surface area contributed by atoms with Crippen molar-refractivity contribution in [1.82, 2.24) is 0 Å². The molecule has 86 valence electrons. The fourth-order valence-corrected chi connectivity index (χ4v) is 2.40. The molecule has 1 aromatic carbocycles. The first-order valence-electron chi connectivity index (χ1n) is 5.50. The molecule has 0 saturated carbocycles. The van der Waals surface area contributed by atoms with Gasteiger partial charge in [0, 0.05) is 16.0 Å². The van der Waals surface area contributed by atoms with Crippen molar-refractivity contribution in [1.29, 1.82) is 0 Å². The minimum Gasteiger partial charge on any atom is -0.459 e. The Balaban J connectivity index is 2.89. The first-order chi connectivity index (χ1) is 7.60. The van der Waals surface area contributed by atoms with Gasteiger partial charge >= 0.3 is 0 Å². The zero-order chi connectivity index (χ0) is 11.9. The molecule has 2 nitrogen and oxygen atoms in total. The standard InChI is InChI=1S/C13H16ClNO/c1-4-9-11(6-15)16-10-5-7(2)13(14)8(3)12(9)10/h5H,4,6,15H2,1-3H3. The zero-order valence-corrected chi connectivity index (χ0v) is 10.6. The summed E-state index contributed by atoms with van der Waals surface area (Å²) in [6.07, 6.45) is 0.916. The molecule has 0 aliphatic carbocycles. The number of furan rings is 1. The Morgan fingerprint density at radius 1 is 1.38 bits per heavy atom. The molecule has 0 bridgehead atoms. The normalized spacial score (nSPS) is 11.3. The predicted octanol–water partition coefficient (Wildman–Crippen LogP) is 3.72. The second-order valence-corrected chi connectivity index (χ2v) is 4.45. The Morgan fingerprint density at radius 3 is 2.62 bits per heavy atom. The summed E-state index contributed by atoms with van der Waals surface area (Å²) in [5.74, 6) is 0.877. The highest BCUT2D eigenvalue weighted by Gasteiger charge is 2.16. The summed E-state index contributed by atoms with van der Waals surface area (Å²) >= 11 is 6.27. The summed E-state index contributed by atoms with van der Waals surface area (Å²) in [5, 5.41) is 1.96. The third kappa shape index (κ3) is 1.53. The molecule has 1 aromatic heterocycles. The third-order valence-electron chi connectivity index (χ3n) is 3.05. The molecule has 16 heavy (non-hydrogen) atoms. The average Bonchev–Trinajstić information content (AvgIpc) is 2.63. The monoisotopic (exact) mass is 237 g/mol. The van der Waals surface area contributed by atoms with Gasteiger partial charge in [0.1, 0.15) is 11.3 Å². The van der Waals surface area contributed by atoms with Gasteiger partial charge in [-0.05, 0) is 37.5 Å². The van der Waals surface area contributed by atoms with Crippen molar-refractivity contribution in [3.8, 4) is 0 Å². The number of aryl methyl sites for hydroxylation is 3. The maximum absolute atomic E-state index is 6.27. The molecule has 2 N–H and O–H groups in total. The molecule has 0 aliphatic rings. The topological polar surface area (TPSA) is 39.2 Å². The van der Waals surface area contributed by atoms with Gasteiger partial charge in [-0.25, -0.2) is 0 Å². The molecule has 3 heteroatoms. The highest BCUT2D eigenvalue weighted by atomic mass is 35.5. The number of fused-ring (bicyclic) bond motifs is 1. The van der Waals surface area contributed by atoms with Crippen molar-refractivity contribution >= 4 is 22.6 Å². The van der Waals surface area contributed by atoms with Crippen molar-refractivity contribution in [2.75, 3.05) is 0 Å². The molecule has 0 spiro atoms. The van der Waals surface area contributed by atoms with Gasteiger partial charge in [0.15, 0.2) is 0 Å². The second-order valence-electron chi connectivity index (χ2n) is 4.07. The SMILES string of the molecule is CCc1c(CN)oc2cc(C)c(Cl)c(C)c12. The van der Waals surface area contributed by atoms with Crippen LogP contribution in [0.3, 0.4) is 0 Å². The van der Waals surface area contributed by atoms with E-state index in [1.165, 1.54) is 5.56 Å². The molecule has 0 saturated heterocycles. The fraction of sp³-hybridized carbons (Fsp3) is 0.385. The molecule has 0 fully saturated rings. The molecule has 0 radical (unpaired) electrons. The van der Waals surface area contributed by atoms with Gasteiger partial charge in [-0.2, -0.15) is 0 Å². The van der Waals surface area contributed by atoms with Crippen molar-refractivity contribution in [2.45, 2.75) is 33.7 Å². The first-order valence-corrected chi connectivity index (χ1v) is 5.88.